The fourth-order valence-electron chi connectivity index (χ4n) is 3.01. The molecule has 8 nitrogen and oxygen atoms in total. The molecule has 154 valence electrons. The minimum Gasteiger partial charge on any atom is -0.508 e. The number of aromatic amines is 1. The fourth-order valence-corrected chi connectivity index (χ4v) is 3.01. The van der Waals surface area contributed by atoms with E-state index in [0.717, 1.165) is 5.82 Å². The number of aromatic hydroxyl groups is 1. The number of fused-ring (bicyclic) bond motifs is 1. The highest BCUT2D eigenvalue weighted by Crippen LogP contribution is 2.35. The molecule has 2 aromatic carbocycles. The van der Waals surface area contributed by atoms with E-state index in [0.29, 0.717) is 46.8 Å². The van der Waals surface area contributed by atoms with Crippen molar-refractivity contribution in [2.75, 3.05) is 19.0 Å². The Morgan fingerprint density at radius 3 is 2.77 bits per heavy atom. The van der Waals surface area contributed by atoms with Crippen LogP contribution in [0.1, 0.15) is 11.4 Å². The average molecular weight is 409 g/mol. The van der Waals surface area contributed by atoms with Crippen molar-refractivity contribution in [1.29, 1.82) is 0 Å². The van der Waals surface area contributed by atoms with Gasteiger partial charge in [-0.3, -0.25) is 0 Å². The van der Waals surface area contributed by atoms with Crippen LogP contribution in [0.15, 0.2) is 43.0 Å². The van der Waals surface area contributed by atoms with Gasteiger partial charge in [-0.05, 0) is 24.6 Å². The average Bonchev–Trinajstić information content (AvgIpc) is 3.25. The Morgan fingerprint density at radius 2 is 2.00 bits per heavy atom. The summed E-state index contributed by atoms with van der Waals surface area (Å²) in [5.74, 6) is 1.71. The number of aromatic nitrogens is 4. The molecule has 9 heteroatoms. The van der Waals surface area contributed by atoms with Crippen molar-refractivity contribution in [1.82, 2.24) is 19.9 Å². The summed E-state index contributed by atoms with van der Waals surface area (Å²) in [7, 11) is 1.54. The Hall–Kier alpha value is -3.88. The van der Waals surface area contributed by atoms with Gasteiger partial charge in [0.15, 0.2) is 11.5 Å². The number of H-pyrrole nitrogens is 1. The zero-order chi connectivity index (χ0) is 21.1. The molecule has 0 aliphatic rings. The molecule has 0 amide bonds. The summed E-state index contributed by atoms with van der Waals surface area (Å²) in [5, 5.41) is 13.4. The van der Waals surface area contributed by atoms with Gasteiger partial charge in [0.25, 0.3) is 0 Å². The topological polar surface area (TPSA) is 105 Å². The maximum atomic E-state index is 14.3. The van der Waals surface area contributed by atoms with E-state index in [4.69, 9.17) is 9.47 Å². The van der Waals surface area contributed by atoms with Gasteiger partial charge in [-0.2, -0.15) is 0 Å². The zero-order valence-corrected chi connectivity index (χ0v) is 16.4. The van der Waals surface area contributed by atoms with E-state index in [2.05, 4.69) is 25.3 Å². The summed E-state index contributed by atoms with van der Waals surface area (Å²) in [6.45, 7) is 2.03. The first-order valence-corrected chi connectivity index (χ1v) is 9.25. The van der Waals surface area contributed by atoms with Crippen LogP contribution in [0.2, 0.25) is 0 Å². The monoisotopic (exact) mass is 409 g/mol. The predicted molar refractivity (Wildman–Crippen MR) is 110 cm³/mol. The van der Waals surface area contributed by atoms with Crippen LogP contribution in [0.3, 0.4) is 0 Å². The molecule has 0 radical (unpaired) electrons. The number of phenols is 1. The number of halogens is 1. The van der Waals surface area contributed by atoms with Gasteiger partial charge in [-0.1, -0.05) is 0 Å². The Morgan fingerprint density at radius 1 is 1.13 bits per heavy atom. The minimum absolute atomic E-state index is 0.0120. The van der Waals surface area contributed by atoms with E-state index in [1.807, 2.05) is 0 Å². The van der Waals surface area contributed by atoms with Crippen molar-refractivity contribution in [3.05, 3.63) is 60.2 Å². The molecule has 0 atom stereocenters. The van der Waals surface area contributed by atoms with Gasteiger partial charge in [0.1, 0.15) is 29.5 Å². The van der Waals surface area contributed by atoms with Crippen molar-refractivity contribution in [2.24, 2.45) is 0 Å². The lowest BCUT2D eigenvalue weighted by molar-refractivity contribution is 0.296. The number of hydrogen-bond acceptors (Lipinski definition) is 7. The van der Waals surface area contributed by atoms with Crippen LogP contribution in [0.5, 0.6) is 17.2 Å². The molecular weight excluding hydrogens is 389 g/mol. The summed E-state index contributed by atoms with van der Waals surface area (Å²) in [6, 6.07) is 6.05. The Kier molecular flexibility index (Phi) is 5.34. The van der Waals surface area contributed by atoms with Gasteiger partial charge in [-0.15, -0.1) is 0 Å². The molecule has 30 heavy (non-hydrogen) atoms. The molecule has 0 saturated heterocycles. The van der Waals surface area contributed by atoms with Gasteiger partial charge < -0.3 is 24.9 Å². The van der Waals surface area contributed by atoms with Crippen LogP contribution in [-0.4, -0.2) is 38.8 Å². The number of rotatable bonds is 7. The van der Waals surface area contributed by atoms with Crippen molar-refractivity contribution in [3.8, 4) is 17.2 Å². The quantitative estimate of drug-likeness (QED) is 0.425. The zero-order valence-electron chi connectivity index (χ0n) is 16.4. The van der Waals surface area contributed by atoms with Crippen LogP contribution in [0, 0.1) is 12.7 Å². The molecule has 0 spiro atoms. The third kappa shape index (κ3) is 3.95. The highest BCUT2D eigenvalue weighted by atomic mass is 19.1. The van der Waals surface area contributed by atoms with Gasteiger partial charge in [0.2, 0.25) is 0 Å². The number of imidazole rings is 1. The molecular formula is C21H20FN5O3. The number of phenolic OH excluding ortho intramolecular Hbond substituents is 1. The van der Waals surface area contributed by atoms with E-state index in [9.17, 15) is 9.50 Å². The second kappa shape index (κ2) is 8.24. The highest BCUT2D eigenvalue weighted by molar-refractivity contribution is 5.93. The van der Waals surface area contributed by atoms with Crippen molar-refractivity contribution in [2.45, 2.75) is 13.3 Å². The van der Waals surface area contributed by atoms with Gasteiger partial charge in [0, 0.05) is 36.3 Å². The standard InChI is InChI=1S/C21H20FN5O3/c1-12-7-14(22)16(9-17(12)28)27-21-13-8-18(29-2)19(10-15(13)25-11-26-21)30-6-3-20-23-4-5-24-20/h4-5,7-11,28H,3,6H2,1-2H3,(H,23,24)(H,25,26,27). The lowest BCUT2D eigenvalue weighted by Crippen LogP contribution is -2.04. The smallest absolute Gasteiger partial charge is 0.163 e. The second-order valence-corrected chi connectivity index (χ2v) is 6.62. The SMILES string of the molecule is COc1cc2c(Nc3cc(O)c(C)cc3F)ncnc2cc1OCCc1ncc[nH]1. The molecule has 2 heterocycles. The van der Waals surface area contributed by atoms with Gasteiger partial charge >= 0.3 is 0 Å². The van der Waals surface area contributed by atoms with Crippen LogP contribution in [0.25, 0.3) is 10.9 Å². The lowest BCUT2D eigenvalue weighted by atomic mass is 10.1. The van der Waals surface area contributed by atoms with E-state index in [1.54, 1.807) is 31.5 Å². The largest absolute Gasteiger partial charge is 0.508 e. The number of anilines is 2. The normalized spacial score (nSPS) is 10.9. The summed E-state index contributed by atoms with van der Waals surface area (Å²) in [5.41, 5.74) is 1.15. The van der Waals surface area contributed by atoms with E-state index in [1.165, 1.54) is 25.6 Å². The van der Waals surface area contributed by atoms with Crippen molar-refractivity contribution in [3.63, 3.8) is 0 Å². The first kappa shape index (κ1) is 19.4. The molecule has 0 unspecified atom stereocenters. The van der Waals surface area contributed by atoms with Crippen molar-refractivity contribution >= 4 is 22.4 Å². The number of hydrogen-bond donors (Lipinski definition) is 3. The Bertz CT molecular complexity index is 1180. The lowest BCUT2D eigenvalue weighted by Gasteiger charge is -2.14. The third-order valence-corrected chi connectivity index (χ3v) is 4.61. The Labute approximate surface area is 171 Å². The number of benzene rings is 2. The molecule has 4 aromatic rings. The molecule has 0 aliphatic heterocycles. The molecule has 0 fully saturated rings. The summed E-state index contributed by atoms with van der Waals surface area (Å²) < 4.78 is 25.6. The first-order valence-electron chi connectivity index (χ1n) is 9.25. The van der Waals surface area contributed by atoms with Gasteiger partial charge in [-0.25, -0.2) is 19.3 Å². The maximum Gasteiger partial charge on any atom is 0.163 e. The van der Waals surface area contributed by atoms with E-state index >= 15 is 0 Å². The maximum absolute atomic E-state index is 14.3. The molecule has 0 saturated carbocycles. The van der Waals surface area contributed by atoms with Gasteiger partial charge in [0.05, 0.1) is 24.9 Å². The highest BCUT2D eigenvalue weighted by Gasteiger charge is 2.14. The van der Waals surface area contributed by atoms with Crippen LogP contribution < -0.4 is 14.8 Å². The summed E-state index contributed by atoms with van der Waals surface area (Å²) in [6.07, 6.45) is 5.43. The number of aryl methyl sites for hydroxylation is 1. The third-order valence-electron chi connectivity index (χ3n) is 4.61. The molecule has 0 aliphatic carbocycles. The first-order chi connectivity index (χ1) is 14.5. The summed E-state index contributed by atoms with van der Waals surface area (Å²) in [4.78, 5) is 15.7. The van der Waals surface area contributed by atoms with E-state index < -0.39 is 5.82 Å². The van der Waals surface area contributed by atoms with Crippen LogP contribution in [-0.2, 0) is 6.42 Å². The molecule has 3 N–H and O–H groups in total. The fraction of sp³-hybridized carbons (Fsp3) is 0.190. The predicted octanol–water partition coefficient (Wildman–Crippen LogP) is 3.88. The number of nitrogens with one attached hydrogen (secondary N) is 2. The molecule has 4 rings (SSSR count). The second-order valence-electron chi connectivity index (χ2n) is 6.62. The molecule has 0 bridgehead atoms. The summed E-state index contributed by atoms with van der Waals surface area (Å²) >= 11 is 0. The number of ether oxygens (including phenoxy) is 2. The van der Waals surface area contributed by atoms with Crippen LogP contribution in [0.4, 0.5) is 15.9 Å². The van der Waals surface area contributed by atoms with Crippen molar-refractivity contribution < 1.29 is 19.0 Å². The minimum atomic E-state index is -0.498. The Balaban J connectivity index is 1.63. The number of nitrogens with zero attached hydrogens (tertiary/aromatic N) is 3. The van der Waals surface area contributed by atoms with E-state index in [-0.39, 0.29) is 11.4 Å². The van der Waals surface area contributed by atoms with Crippen LogP contribution >= 0.6 is 0 Å². The number of methoxy groups -OCH3 is 1. The molecule has 2 aromatic heterocycles.